The molecule has 84 heavy (non-hydrogen) atoms. The zero-order chi connectivity index (χ0) is 56.5. The van der Waals surface area contributed by atoms with Crippen LogP contribution in [-0.2, 0) is 10.8 Å². The van der Waals surface area contributed by atoms with E-state index in [0.717, 1.165) is 56.8 Å². The molecule has 0 N–H and O–H groups in total. The number of hydrogen-bond acceptors (Lipinski definition) is 4. The van der Waals surface area contributed by atoms with Gasteiger partial charge in [-0.05, 0) is 175 Å². The predicted molar refractivity (Wildman–Crippen MR) is 358 cm³/mol. The maximum atomic E-state index is 3.97. The van der Waals surface area contributed by atoms with Crippen molar-refractivity contribution in [3.05, 3.63) is 373 Å². The second-order valence-electron chi connectivity index (χ2n) is 21.5. The normalized spacial score (nSPS) is 15.3. The Morgan fingerprint density at radius 1 is 0.274 bits per heavy atom. The number of para-hydroxylation sites is 2. The van der Waals surface area contributed by atoms with E-state index in [4.69, 9.17) is 0 Å². The highest BCUT2D eigenvalue weighted by atomic mass is 32.2. The molecule has 12 aromatic rings. The summed E-state index contributed by atoms with van der Waals surface area (Å²) in [7, 11) is 0. The summed E-state index contributed by atoms with van der Waals surface area (Å²) >= 11 is 3.62. The van der Waals surface area contributed by atoms with Crippen molar-refractivity contribution in [1.29, 1.82) is 0 Å². The van der Waals surface area contributed by atoms with E-state index in [1.807, 2.05) is 35.7 Å². The van der Waals surface area contributed by atoms with Gasteiger partial charge < -0.3 is 9.80 Å². The molecule has 2 unspecified atom stereocenters. The molecular formula is C80H60N2S2. The van der Waals surface area contributed by atoms with Crippen molar-refractivity contribution in [3.8, 4) is 33.4 Å². The summed E-state index contributed by atoms with van der Waals surface area (Å²) in [5, 5.41) is 0. The highest BCUT2D eigenvalue weighted by Crippen LogP contribution is 2.59. The fraction of sp³-hybridized carbons (Fsp3) is 0.0500. The Labute approximate surface area is 502 Å². The highest BCUT2D eigenvalue weighted by Gasteiger charge is 2.48. The predicted octanol–water partition coefficient (Wildman–Crippen LogP) is 21.6. The van der Waals surface area contributed by atoms with Gasteiger partial charge in [0.1, 0.15) is 0 Å². The van der Waals surface area contributed by atoms with Crippen LogP contribution in [-0.4, -0.2) is 11.5 Å². The molecule has 0 radical (unpaired) electrons. The lowest BCUT2D eigenvalue weighted by Crippen LogP contribution is -2.28. The minimum Gasteiger partial charge on any atom is -0.310 e. The summed E-state index contributed by atoms with van der Waals surface area (Å²) in [6.07, 6.45) is 3.94. The molecule has 2 nitrogen and oxygen atoms in total. The van der Waals surface area contributed by atoms with Crippen LogP contribution in [0.1, 0.15) is 44.5 Å². The molecule has 14 rings (SSSR count). The minimum absolute atomic E-state index is 0.546. The first-order chi connectivity index (χ1) is 41.6. The third kappa shape index (κ3) is 9.02. The fourth-order valence-corrected chi connectivity index (χ4v) is 14.6. The van der Waals surface area contributed by atoms with E-state index in [9.17, 15) is 0 Å². The summed E-state index contributed by atoms with van der Waals surface area (Å²) in [5.41, 5.74) is 22.9. The van der Waals surface area contributed by atoms with E-state index in [1.165, 1.54) is 76.6 Å². The Hall–Kier alpha value is -9.58. The van der Waals surface area contributed by atoms with Crippen LogP contribution in [0.5, 0.6) is 0 Å². The number of rotatable bonds is 17. The molecule has 0 aromatic heterocycles. The molecule has 4 heteroatoms. The first kappa shape index (κ1) is 52.5. The molecule has 0 aliphatic heterocycles. The standard InChI is InChI=1S/C80H60N2S2/c1-3-53-83-69-47-37-61(38-48-69)79(59-21-9-5-10-22-59)75-31-19-17-29-71(75)73-51-45-67(55-77(73)79)81(63-25-13-7-14-26-63)65-41-33-57(34-42-65)58-35-43-66(44-36-58)82(64-27-15-8-16-28-64)68-46-52-74-72-30-18-20-32-76(72)80(78(74)56-68,60-23-11-6-12-24-60)62-39-49-70(50-40-62)84-54-4-2/h3-52,55-56H,1-2,53-54H2. The van der Waals surface area contributed by atoms with Crippen LogP contribution in [0, 0.1) is 0 Å². The Morgan fingerprint density at radius 3 is 0.940 bits per heavy atom. The van der Waals surface area contributed by atoms with Crippen molar-refractivity contribution < 1.29 is 0 Å². The maximum Gasteiger partial charge on any atom is 0.0714 e. The first-order valence-electron chi connectivity index (χ1n) is 28.8. The number of thioether (sulfide) groups is 2. The molecule has 402 valence electrons. The van der Waals surface area contributed by atoms with Gasteiger partial charge in [0.15, 0.2) is 0 Å². The van der Waals surface area contributed by atoms with Gasteiger partial charge >= 0.3 is 0 Å². The lowest BCUT2D eigenvalue weighted by atomic mass is 9.67. The summed E-state index contributed by atoms with van der Waals surface area (Å²) in [5.74, 6) is 1.73. The zero-order valence-corrected chi connectivity index (χ0v) is 48.2. The fourth-order valence-electron chi connectivity index (χ4n) is 13.3. The van der Waals surface area contributed by atoms with Gasteiger partial charge in [0, 0.05) is 55.4 Å². The van der Waals surface area contributed by atoms with Gasteiger partial charge in [-0.1, -0.05) is 218 Å². The molecule has 2 atom stereocenters. The quantitative estimate of drug-likeness (QED) is 0.0662. The number of benzene rings is 12. The Kier molecular flexibility index (Phi) is 14.1. The molecule has 0 heterocycles. The monoisotopic (exact) mass is 1110 g/mol. The van der Waals surface area contributed by atoms with Gasteiger partial charge in [-0.15, -0.1) is 36.7 Å². The van der Waals surface area contributed by atoms with Crippen molar-refractivity contribution in [2.45, 2.75) is 20.6 Å². The van der Waals surface area contributed by atoms with Crippen LogP contribution >= 0.6 is 23.5 Å². The number of hydrogen-bond donors (Lipinski definition) is 0. The number of nitrogens with zero attached hydrogens (tertiary/aromatic N) is 2. The second-order valence-corrected chi connectivity index (χ2v) is 23.7. The summed E-state index contributed by atoms with van der Waals surface area (Å²) in [6.45, 7) is 7.95. The molecule has 0 fully saturated rings. The van der Waals surface area contributed by atoms with Gasteiger partial charge in [0.25, 0.3) is 0 Å². The first-order valence-corrected chi connectivity index (χ1v) is 30.7. The van der Waals surface area contributed by atoms with E-state index in [-0.39, 0.29) is 0 Å². The van der Waals surface area contributed by atoms with Gasteiger partial charge in [0.2, 0.25) is 0 Å². The largest absolute Gasteiger partial charge is 0.310 e. The van der Waals surface area contributed by atoms with Crippen molar-refractivity contribution in [1.82, 2.24) is 0 Å². The SMILES string of the molecule is C=CCSc1ccc(C2(c3ccccc3)c3ccccc3-c3ccc(N(c4ccccc4)c4ccc(-c5ccc(N(c6ccccc6)c6ccc7c(c6)C(c6ccccc6)(c6ccc(SCC=C)cc6)c6ccccc6-7)cc5)cc4)cc32)cc1. The number of fused-ring (bicyclic) bond motifs is 6. The van der Waals surface area contributed by atoms with E-state index in [0.29, 0.717) is 0 Å². The molecule has 0 spiro atoms. The average Bonchev–Trinajstić information content (AvgIpc) is 2.34. The summed E-state index contributed by atoms with van der Waals surface area (Å²) in [4.78, 5) is 7.27. The van der Waals surface area contributed by atoms with Gasteiger partial charge in [-0.3, -0.25) is 0 Å². The number of anilines is 6. The van der Waals surface area contributed by atoms with Gasteiger partial charge in [-0.2, -0.15) is 0 Å². The Bertz CT molecular complexity index is 4030. The van der Waals surface area contributed by atoms with Gasteiger partial charge in [-0.25, -0.2) is 0 Å². The molecule has 12 aromatic carbocycles. The van der Waals surface area contributed by atoms with Crippen LogP contribution in [0.15, 0.2) is 338 Å². The topological polar surface area (TPSA) is 6.48 Å². The van der Waals surface area contributed by atoms with E-state index < -0.39 is 10.8 Å². The smallest absolute Gasteiger partial charge is 0.0714 e. The van der Waals surface area contributed by atoms with Crippen LogP contribution in [0.25, 0.3) is 33.4 Å². The molecular weight excluding hydrogens is 1050 g/mol. The summed E-state index contributed by atoms with van der Waals surface area (Å²) in [6, 6.07) is 112. The van der Waals surface area contributed by atoms with Crippen LogP contribution < -0.4 is 9.80 Å². The van der Waals surface area contributed by atoms with Crippen LogP contribution in [0.3, 0.4) is 0 Å². The third-order valence-corrected chi connectivity index (χ3v) is 18.9. The molecule has 2 aliphatic carbocycles. The van der Waals surface area contributed by atoms with Crippen molar-refractivity contribution >= 4 is 57.6 Å². The van der Waals surface area contributed by atoms with Crippen LogP contribution in [0.4, 0.5) is 34.1 Å². The van der Waals surface area contributed by atoms with Crippen molar-refractivity contribution in [2.75, 3.05) is 21.3 Å². The molecule has 0 bridgehead atoms. The zero-order valence-electron chi connectivity index (χ0n) is 46.6. The lowest BCUT2D eigenvalue weighted by molar-refractivity contribution is 0.767. The molecule has 0 saturated carbocycles. The molecule has 2 aliphatic rings. The molecule has 0 amide bonds. The maximum absolute atomic E-state index is 3.97. The van der Waals surface area contributed by atoms with Crippen molar-refractivity contribution in [3.63, 3.8) is 0 Å². The highest BCUT2D eigenvalue weighted by molar-refractivity contribution is 7.99. The third-order valence-electron chi connectivity index (χ3n) is 16.9. The summed E-state index contributed by atoms with van der Waals surface area (Å²) < 4.78 is 0. The van der Waals surface area contributed by atoms with Gasteiger partial charge in [0.05, 0.1) is 10.8 Å². The molecule has 0 saturated heterocycles. The van der Waals surface area contributed by atoms with Crippen LogP contribution in [0.2, 0.25) is 0 Å². The minimum atomic E-state index is -0.546. The van der Waals surface area contributed by atoms with E-state index in [2.05, 4.69) is 326 Å². The van der Waals surface area contributed by atoms with E-state index in [1.54, 1.807) is 0 Å². The van der Waals surface area contributed by atoms with E-state index >= 15 is 0 Å². The Balaban J connectivity index is 0.837. The Morgan fingerprint density at radius 2 is 0.571 bits per heavy atom. The lowest BCUT2D eigenvalue weighted by Gasteiger charge is -2.35. The van der Waals surface area contributed by atoms with Crippen molar-refractivity contribution in [2.24, 2.45) is 0 Å². The second kappa shape index (κ2) is 22.6. The average molecular weight is 1110 g/mol.